The van der Waals surface area contributed by atoms with Gasteiger partial charge in [0.25, 0.3) is 0 Å². The van der Waals surface area contributed by atoms with Crippen molar-refractivity contribution in [3.8, 4) is 11.5 Å². The van der Waals surface area contributed by atoms with Gasteiger partial charge in [-0.2, -0.15) is 0 Å². The standard InChI is InChI=1S/C17H28N2O2/c1-3-6-13(7-4-2)17(19-18)14-8-9-15-16(12-14)21-11-5-10-20-15/h8-9,12-13,17,19H,3-7,10-11,18H2,1-2H3. The van der Waals surface area contributed by atoms with Gasteiger partial charge in [-0.15, -0.1) is 0 Å². The van der Waals surface area contributed by atoms with Crippen LogP contribution >= 0.6 is 0 Å². The van der Waals surface area contributed by atoms with Gasteiger partial charge in [-0.25, -0.2) is 0 Å². The molecule has 1 aromatic rings. The first-order valence-electron chi connectivity index (χ1n) is 8.15. The molecule has 2 rings (SSSR count). The van der Waals surface area contributed by atoms with Crippen molar-refractivity contribution in [2.45, 2.75) is 52.0 Å². The number of nitrogens with one attached hydrogen (secondary N) is 1. The molecule has 0 amide bonds. The predicted molar refractivity (Wildman–Crippen MR) is 85.4 cm³/mol. The number of ether oxygens (including phenoxy) is 2. The van der Waals surface area contributed by atoms with Gasteiger partial charge in [-0.3, -0.25) is 11.3 Å². The number of nitrogens with two attached hydrogens (primary N) is 1. The van der Waals surface area contributed by atoms with Gasteiger partial charge in [0, 0.05) is 12.5 Å². The number of rotatable bonds is 7. The molecule has 1 unspecified atom stereocenters. The SMILES string of the molecule is CCCC(CCC)C(NN)c1ccc2c(c1)OCCCO2. The zero-order valence-electron chi connectivity index (χ0n) is 13.2. The van der Waals surface area contributed by atoms with E-state index in [9.17, 15) is 0 Å². The molecule has 0 saturated carbocycles. The van der Waals surface area contributed by atoms with Crippen LogP contribution in [0.2, 0.25) is 0 Å². The van der Waals surface area contributed by atoms with Crippen molar-refractivity contribution in [1.29, 1.82) is 0 Å². The zero-order chi connectivity index (χ0) is 15.1. The molecule has 1 atom stereocenters. The average Bonchev–Trinajstić information content (AvgIpc) is 2.73. The van der Waals surface area contributed by atoms with Gasteiger partial charge in [0.2, 0.25) is 0 Å². The molecule has 0 aliphatic carbocycles. The van der Waals surface area contributed by atoms with Crippen molar-refractivity contribution >= 4 is 0 Å². The van der Waals surface area contributed by atoms with Crippen LogP contribution in [0, 0.1) is 5.92 Å². The molecule has 3 N–H and O–H groups in total. The molecular weight excluding hydrogens is 264 g/mol. The molecule has 0 spiro atoms. The molecule has 0 fully saturated rings. The lowest BCUT2D eigenvalue weighted by atomic mass is 9.86. The first kappa shape index (κ1) is 16.1. The normalized spacial score (nSPS) is 15.8. The predicted octanol–water partition coefficient (Wildman–Crippen LogP) is 3.57. The van der Waals surface area contributed by atoms with E-state index in [0.29, 0.717) is 12.5 Å². The monoisotopic (exact) mass is 292 g/mol. The van der Waals surface area contributed by atoms with Crippen molar-refractivity contribution in [3.63, 3.8) is 0 Å². The number of fused-ring (bicyclic) bond motifs is 1. The van der Waals surface area contributed by atoms with Gasteiger partial charge in [0.1, 0.15) is 0 Å². The van der Waals surface area contributed by atoms with Crippen LogP contribution in [-0.4, -0.2) is 13.2 Å². The highest BCUT2D eigenvalue weighted by atomic mass is 16.5. The fourth-order valence-corrected chi connectivity index (χ4v) is 3.10. The third-order valence-corrected chi connectivity index (χ3v) is 4.10. The van der Waals surface area contributed by atoms with Gasteiger partial charge >= 0.3 is 0 Å². The molecule has 1 heterocycles. The van der Waals surface area contributed by atoms with Crippen LogP contribution in [0.3, 0.4) is 0 Å². The number of hydrogen-bond acceptors (Lipinski definition) is 4. The van der Waals surface area contributed by atoms with E-state index in [1.54, 1.807) is 0 Å². The molecule has 4 heteroatoms. The van der Waals surface area contributed by atoms with Crippen LogP contribution in [0.25, 0.3) is 0 Å². The summed E-state index contributed by atoms with van der Waals surface area (Å²) in [7, 11) is 0. The molecule has 118 valence electrons. The maximum Gasteiger partial charge on any atom is 0.161 e. The molecule has 0 bridgehead atoms. The lowest BCUT2D eigenvalue weighted by Gasteiger charge is -2.27. The molecule has 0 aromatic heterocycles. The quantitative estimate of drug-likeness (QED) is 0.596. The lowest BCUT2D eigenvalue weighted by Crippen LogP contribution is -2.33. The molecule has 0 saturated heterocycles. The van der Waals surface area contributed by atoms with E-state index in [0.717, 1.165) is 24.5 Å². The van der Waals surface area contributed by atoms with Crippen LogP contribution in [0.4, 0.5) is 0 Å². The number of hydrazine groups is 1. The molecule has 1 aromatic carbocycles. The smallest absolute Gasteiger partial charge is 0.161 e. The fourth-order valence-electron chi connectivity index (χ4n) is 3.10. The van der Waals surface area contributed by atoms with E-state index in [1.807, 2.05) is 6.07 Å². The van der Waals surface area contributed by atoms with Gasteiger partial charge in [0.15, 0.2) is 11.5 Å². The number of hydrogen-bond donors (Lipinski definition) is 2. The van der Waals surface area contributed by atoms with E-state index in [2.05, 4.69) is 31.4 Å². The Labute approximate surface area is 128 Å². The number of benzene rings is 1. The Morgan fingerprint density at radius 2 is 1.76 bits per heavy atom. The highest BCUT2D eigenvalue weighted by molar-refractivity contribution is 5.44. The molecule has 1 aliphatic heterocycles. The van der Waals surface area contributed by atoms with Crippen molar-refractivity contribution in [1.82, 2.24) is 5.43 Å². The summed E-state index contributed by atoms with van der Waals surface area (Å²) in [4.78, 5) is 0. The summed E-state index contributed by atoms with van der Waals surface area (Å²) in [5, 5.41) is 0. The van der Waals surface area contributed by atoms with Crippen LogP contribution in [-0.2, 0) is 0 Å². The second kappa shape index (κ2) is 8.25. The third kappa shape index (κ3) is 4.11. The maximum atomic E-state index is 5.85. The Balaban J connectivity index is 2.22. The highest BCUT2D eigenvalue weighted by Gasteiger charge is 2.22. The van der Waals surface area contributed by atoms with Gasteiger partial charge in [-0.1, -0.05) is 32.8 Å². The van der Waals surface area contributed by atoms with E-state index >= 15 is 0 Å². The Bertz CT molecular complexity index is 431. The summed E-state index contributed by atoms with van der Waals surface area (Å²) < 4.78 is 11.5. The van der Waals surface area contributed by atoms with Crippen molar-refractivity contribution in [2.75, 3.05) is 13.2 Å². The largest absolute Gasteiger partial charge is 0.490 e. The fraction of sp³-hybridized carbons (Fsp3) is 0.647. The molecule has 1 aliphatic rings. The van der Waals surface area contributed by atoms with Gasteiger partial charge < -0.3 is 9.47 Å². The minimum Gasteiger partial charge on any atom is -0.490 e. The maximum absolute atomic E-state index is 5.85. The average molecular weight is 292 g/mol. The minimum absolute atomic E-state index is 0.169. The Morgan fingerprint density at radius 3 is 2.38 bits per heavy atom. The van der Waals surface area contributed by atoms with Crippen molar-refractivity contribution < 1.29 is 9.47 Å². The zero-order valence-corrected chi connectivity index (χ0v) is 13.2. The first-order chi connectivity index (χ1) is 10.3. The summed E-state index contributed by atoms with van der Waals surface area (Å²) in [6.45, 7) is 5.89. The van der Waals surface area contributed by atoms with E-state index in [4.69, 9.17) is 15.3 Å². The Kier molecular flexibility index (Phi) is 6.33. The van der Waals surface area contributed by atoms with Crippen molar-refractivity contribution in [2.24, 2.45) is 11.8 Å². The molecular formula is C17H28N2O2. The van der Waals surface area contributed by atoms with Crippen LogP contribution in [0.1, 0.15) is 57.6 Å². The topological polar surface area (TPSA) is 56.5 Å². The minimum atomic E-state index is 0.169. The second-order valence-corrected chi connectivity index (χ2v) is 5.74. The summed E-state index contributed by atoms with van der Waals surface area (Å²) in [5.74, 6) is 8.09. The van der Waals surface area contributed by atoms with Crippen LogP contribution in [0.15, 0.2) is 18.2 Å². The second-order valence-electron chi connectivity index (χ2n) is 5.74. The highest BCUT2D eigenvalue weighted by Crippen LogP contribution is 2.36. The van der Waals surface area contributed by atoms with Gasteiger partial charge in [0.05, 0.1) is 13.2 Å². The molecule has 21 heavy (non-hydrogen) atoms. The van der Waals surface area contributed by atoms with E-state index in [1.165, 1.54) is 31.2 Å². The van der Waals surface area contributed by atoms with Crippen molar-refractivity contribution in [3.05, 3.63) is 23.8 Å². The van der Waals surface area contributed by atoms with E-state index in [-0.39, 0.29) is 6.04 Å². The van der Waals surface area contributed by atoms with Crippen LogP contribution in [0.5, 0.6) is 11.5 Å². The summed E-state index contributed by atoms with van der Waals surface area (Å²) in [6, 6.07) is 6.37. The van der Waals surface area contributed by atoms with E-state index < -0.39 is 0 Å². The van der Waals surface area contributed by atoms with Gasteiger partial charge in [-0.05, 0) is 36.5 Å². The van der Waals surface area contributed by atoms with Crippen LogP contribution < -0.4 is 20.7 Å². The Morgan fingerprint density at radius 1 is 1.10 bits per heavy atom. The summed E-state index contributed by atoms with van der Waals surface area (Å²) >= 11 is 0. The summed E-state index contributed by atoms with van der Waals surface area (Å²) in [5.41, 5.74) is 4.20. The third-order valence-electron chi connectivity index (χ3n) is 4.10. The first-order valence-corrected chi connectivity index (χ1v) is 8.15. The molecule has 0 radical (unpaired) electrons. The molecule has 4 nitrogen and oxygen atoms in total. The Hall–Kier alpha value is -1.26. The lowest BCUT2D eigenvalue weighted by molar-refractivity contribution is 0.296. The summed E-state index contributed by atoms with van der Waals surface area (Å²) in [6.07, 6.45) is 5.63.